The maximum Gasteiger partial charge on any atom is 0.431 e. The Kier molecular flexibility index (Phi) is 17.8. The van der Waals surface area contributed by atoms with Crippen molar-refractivity contribution in [1.29, 1.82) is 0 Å². The number of nitrogens with zero attached hydrogens (tertiary/aromatic N) is 6. The van der Waals surface area contributed by atoms with Crippen molar-refractivity contribution in [1.82, 2.24) is 32.5 Å². The van der Waals surface area contributed by atoms with E-state index in [0.717, 1.165) is 25.5 Å². The summed E-state index contributed by atoms with van der Waals surface area (Å²) in [6.07, 6.45) is -3.03. The van der Waals surface area contributed by atoms with Gasteiger partial charge in [-0.05, 0) is 56.3 Å². The van der Waals surface area contributed by atoms with Crippen molar-refractivity contribution in [3.05, 3.63) is 103 Å². The van der Waals surface area contributed by atoms with Crippen molar-refractivity contribution in [2.45, 2.75) is 26.1 Å². The molecule has 2 amide bonds. The highest BCUT2D eigenvalue weighted by molar-refractivity contribution is 8.03. The molecule has 0 aliphatic carbocycles. The number of urea groups is 1. The van der Waals surface area contributed by atoms with E-state index in [9.17, 15) is 54.0 Å². The second-order valence-electron chi connectivity index (χ2n) is 12.8. The number of fused-ring (bicyclic) bond motifs is 1. The average molecular weight is 998 g/mol. The lowest BCUT2D eigenvalue weighted by Gasteiger charge is -2.15. The van der Waals surface area contributed by atoms with Crippen LogP contribution >= 0.6 is 23.2 Å². The van der Waals surface area contributed by atoms with E-state index >= 15 is 0 Å². The highest BCUT2D eigenvalue weighted by Crippen LogP contribution is 2.30. The molecular formula is C36H37Cl2F3N8O14S2. The number of carboxylic acid groups (broad SMARTS) is 1. The van der Waals surface area contributed by atoms with Gasteiger partial charge in [0.05, 0.1) is 53.9 Å². The number of carbonyl (C=O) groups excluding carboxylic acids is 2. The molecule has 0 saturated heterocycles. The Hall–Kier alpha value is -6.55. The van der Waals surface area contributed by atoms with Crippen LogP contribution in [-0.2, 0) is 43.0 Å². The summed E-state index contributed by atoms with van der Waals surface area (Å²) < 4.78 is 107. The van der Waals surface area contributed by atoms with Crippen molar-refractivity contribution in [2.24, 2.45) is 7.05 Å². The minimum absolute atomic E-state index is 0.00654. The second-order valence-corrected chi connectivity index (χ2v) is 17.5. The molecule has 3 heterocycles. The van der Waals surface area contributed by atoms with Crippen molar-refractivity contribution in [3.8, 4) is 23.2 Å². The lowest BCUT2D eigenvalue weighted by atomic mass is 10.2. The Morgan fingerprint density at radius 3 is 2.08 bits per heavy atom. The number of rotatable bonds is 12. The van der Waals surface area contributed by atoms with Gasteiger partial charge in [-0.3, -0.25) is 19.7 Å². The van der Waals surface area contributed by atoms with Gasteiger partial charge in [-0.25, -0.2) is 36.9 Å². The van der Waals surface area contributed by atoms with Crippen LogP contribution in [0.2, 0.25) is 10.0 Å². The summed E-state index contributed by atoms with van der Waals surface area (Å²) in [5, 5.41) is 11.9. The third-order valence-corrected chi connectivity index (χ3v) is 11.9. The van der Waals surface area contributed by atoms with E-state index in [1.165, 1.54) is 37.1 Å². The van der Waals surface area contributed by atoms with Crippen LogP contribution in [0, 0.1) is 0 Å². The summed E-state index contributed by atoms with van der Waals surface area (Å²) in [6.45, 7) is 2.84. The van der Waals surface area contributed by atoms with Crippen molar-refractivity contribution >= 4 is 78.3 Å². The van der Waals surface area contributed by atoms with Gasteiger partial charge < -0.3 is 24.1 Å². The lowest BCUT2D eigenvalue weighted by molar-refractivity contribution is -0.144. The Morgan fingerprint density at radius 2 is 1.54 bits per heavy atom. The summed E-state index contributed by atoms with van der Waals surface area (Å²) in [7, 11) is -4.37. The zero-order chi connectivity index (χ0) is 49.2. The number of halogens is 5. The largest absolute Gasteiger partial charge is 0.481 e. The molecule has 65 heavy (non-hydrogen) atoms. The first kappa shape index (κ1) is 52.8. The number of amides is 2. The minimum atomic E-state index is -4.86. The number of carboxylic acids is 1. The molecule has 0 spiro atoms. The molecule has 0 unspecified atom stereocenters. The third kappa shape index (κ3) is 14.5. The number of aliphatic carboxylic acids is 1. The van der Waals surface area contributed by atoms with Gasteiger partial charge in [-0.15, -0.1) is 0 Å². The summed E-state index contributed by atoms with van der Waals surface area (Å²) in [5.41, 5.74) is -3.44. The van der Waals surface area contributed by atoms with Gasteiger partial charge in [0.25, 0.3) is 5.56 Å². The van der Waals surface area contributed by atoms with Crippen molar-refractivity contribution < 1.29 is 68.4 Å². The number of ether oxygens (including phenoxy) is 4. The molecule has 3 aromatic heterocycles. The molecule has 352 valence electrons. The fourth-order valence-corrected chi connectivity index (χ4v) is 7.11. The number of methoxy groups -OCH3 is 2. The predicted molar refractivity (Wildman–Crippen MR) is 227 cm³/mol. The van der Waals surface area contributed by atoms with Crippen LogP contribution in [0.25, 0.3) is 16.6 Å². The topological polar surface area (TPSA) is 287 Å². The maximum absolute atomic E-state index is 12.9. The number of anilines is 1. The molecule has 0 aliphatic rings. The number of aromatic nitrogens is 5. The molecule has 0 bridgehead atoms. The number of hydrogen-bond acceptors (Lipinski definition) is 16. The van der Waals surface area contributed by atoms with E-state index in [4.69, 9.17) is 47.3 Å². The molecule has 5 rings (SSSR count). The smallest absolute Gasteiger partial charge is 0.431 e. The van der Waals surface area contributed by atoms with Crippen molar-refractivity contribution in [3.63, 3.8) is 0 Å². The van der Waals surface area contributed by atoms with Gasteiger partial charge >= 0.3 is 40.0 Å². The first-order chi connectivity index (χ1) is 30.1. The predicted octanol–water partition coefficient (Wildman–Crippen LogP) is 3.88. The van der Waals surface area contributed by atoms with E-state index < -0.39 is 74.0 Å². The molecule has 0 radical (unpaired) electrons. The number of carbonyl (C=O) groups is 3. The third-order valence-electron chi connectivity index (χ3n) is 7.76. The normalized spacial score (nSPS) is 11.4. The summed E-state index contributed by atoms with van der Waals surface area (Å²) >= 11 is 11.9. The van der Waals surface area contributed by atoms with E-state index in [2.05, 4.69) is 15.0 Å². The molecule has 0 saturated carbocycles. The number of pyridine rings is 1. The van der Waals surface area contributed by atoms with E-state index in [1.807, 2.05) is 5.32 Å². The number of alkyl halides is 3. The summed E-state index contributed by atoms with van der Waals surface area (Å²) in [5.74, 6) is -1.59. The number of esters is 1. The summed E-state index contributed by atoms with van der Waals surface area (Å²) in [4.78, 5) is 70.1. The quantitative estimate of drug-likeness (QED) is 0.150. The number of sulfonamides is 1. The summed E-state index contributed by atoms with van der Waals surface area (Å²) in [6, 6.07) is 10.8. The van der Waals surface area contributed by atoms with Gasteiger partial charge in [0.15, 0.2) is 6.61 Å². The lowest BCUT2D eigenvalue weighted by Crippen LogP contribution is -2.45. The SMILES string of the molecule is CC(C)OC(=O)c1cc(-n2c(=O)cc(C(F)(F)F)n(C)c2=O)ccc1Cl.COc1cc(OC)nc(NC(=O)NS(=O)(=O)N(C)S(C)(=O)=O)n1.O=C(O)COc1ccc(Cl)c2cccnc12. The molecule has 29 heteroatoms. The van der Waals surface area contributed by atoms with E-state index in [-0.39, 0.29) is 37.7 Å². The van der Waals surface area contributed by atoms with E-state index in [0.29, 0.717) is 37.7 Å². The van der Waals surface area contributed by atoms with Gasteiger partial charge in [-0.2, -0.15) is 31.6 Å². The Labute approximate surface area is 376 Å². The van der Waals surface area contributed by atoms with Crippen LogP contribution in [0.1, 0.15) is 29.9 Å². The van der Waals surface area contributed by atoms with Gasteiger partial charge in [-0.1, -0.05) is 26.9 Å². The molecule has 0 fully saturated rings. The number of benzene rings is 2. The zero-order valence-corrected chi connectivity index (χ0v) is 37.8. The molecule has 0 atom stereocenters. The minimum Gasteiger partial charge on any atom is -0.481 e. The van der Waals surface area contributed by atoms with Gasteiger partial charge in [0.1, 0.15) is 17.0 Å². The monoisotopic (exact) mass is 996 g/mol. The first-order valence-electron chi connectivity index (χ1n) is 17.6. The fourth-order valence-electron chi connectivity index (χ4n) is 4.75. The molecule has 2 aromatic carbocycles. The van der Waals surface area contributed by atoms with E-state index in [1.54, 1.807) is 44.3 Å². The van der Waals surface area contributed by atoms with Crippen molar-refractivity contribution in [2.75, 3.05) is 39.4 Å². The Balaban J connectivity index is 0.000000266. The zero-order valence-electron chi connectivity index (χ0n) is 34.7. The molecule has 3 N–H and O–H groups in total. The second kappa shape index (κ2) is 21.9. The van der Waals surface area contributed by atoms with Gasteiger partial charge in [0.2, 0.25) is 27.7 Å². The molecule has 5 aromatic rings. The van der Waals surface area contributed by atoms with Crippen LogP contribution in [0.5, 0.6) is 17.5 Å². The van der Waals surface area contributed by atoms with Crippen LogP contribution in [0.3, 0.4) is 0 Å². The fraction of sp³-hybridized carbons (Fsp3) is 0.278. The Morgan fingerprint density at radius 1 is 0.938 bits per heavy atom. The standard InChI is InChI=1S/C16H14ClF3N2O4.C11H8ClNO3.C9H15N5O7S2/c1-8(2)26-14(24)10-6-9(4-5-11(10)17)22-13(23)7-12(16(18,19)20)21(3)15(22)25;12-8-3-4-9(16-6-10(14)15)11-7(8)2-1-5-13-11;1-14(22(4,16)17)23(18,19)13-9(15)12-8-10-6(20-2)5-7(11-8)21-3/h4-8H,1-3H3;1-5H,6H2,(H,14,15);5H,1-4H3,(H2,10,11,12,13,15). The van der Waals surface area contributed by atoms with Crippen LogP contribution in [0.4, 0.5) is 23.9 Å². The molecule has 0 aliphatic heterocycles. The first-order valence-corrected chi connectivity index (χ1v) is 21.7. The highest BCUT2D eigenvalue weighted by atomic mass is 35.5. The van der Waals surface area contributed by atoms with Gasteiger partial charge in [0, 0.05) is 31.7 Å². The maximum atomic E-state index is 12.9. The number of hydrogen-bond donors (Lipinski definition) is 3. The van der Waals surface area contributed by atoms with Crippen LogP contribution in [0.15, 0.2) is 70.4 Å². The number of nitrogens with one attached hydrogen (secondary N) is 2. The Bertz CT molecular complexity index is 2920. The molecule has 22 nitrogen and oxygen atoms in total. The average Bonchev–Trinajstić information content (AvgIpc) is 3.21. The van der Waals surface area contributed by atoms with Crippen LogP contribution in [-0.4, -0.2) is 108 Å². The molecular weight excluding hydrogens is 960 g/mol. The van der Waals surface area contributed by atoms with Crippen LogP contribution < -0.4 is 35.5 Å². The highest BCUT2D eigenvalue weighted by Gasteiger charge is 2.35.